The second-order valence-corrected chi connectivity index (χ2v) is 13.2. The predicted molar refractivity (Wildman–Crippen MR) is 145 cm³/mol. The lowest BCUT2D eigenvalue weighted by atomic mass is 10.0. The molecule has 1 atom stereocenters. The molecule has 13 heteroatoms. The first-order valence-corrected chi connectivity index (χ1v) is 14.9. The Bertz CT molecular complexity index is 1510. The maximum absolute atomic E-state index is 14.1. The molecular formula is C26H22Cl2F4N3O3P. The number of hydrogen-bond donors (Lipinski definition) is 2. The molecule has 3 aromatic rings. The average Bonchev–Trinajstić information content (AvgIpc) is 3.20. The highest BCUT2D eigenvalue weighted by atomic mass is 35.5. The van der Waals surface area contributed by atoms with Crippen LogP contribution in [0.25, 0.3) is 11.1 Å². The van der Waals surface area contributed by atoms with Crippen molar-refractivity contribution in [1.82, 2.24) is 5.32 Å². The van der Waals surface area contributed by atoms with Crippen molar-refractivity contribution in [2.75, 3.05) is 30.1 Å². The molecule has 0 aromatic heterocycles. The van der Waals surface area contributed by atoms with Gasteiger partial charge in [0, 0.05) is 17.4 Å². The van der Waals surface area contributed by atoms with Gasteiger partial charge < -0.3 is 20.1 Å². The molecule has 2 N–H and O–H groups in total. The van der Waals surface area contributed by atoms with Crippen molar-refractivity contribution in [2.24, 2.45) is 0 Å². The summed E-state index contributed by atoms with van der Waals surface area (Å²) in [7, 11) is -2.64. The first kappa shape index (κ1) is 28.9. The molecule has 0 spiro atoms. The largest absolute Gasteiger partial charge is 0.416 e. The van der Waals surface area contributed by atoms with Gasteiger partial charge in [-0.1, -0.05) is 53.5 Å². The fourth-order valence-electron chi connectivity index (χ4n) is 4.29. The van der Waals surface area contributed by atoms with Crippen LogP contribution in [0.5, 0.6) is 0 Å². The molecule has 1 heterocycles. The van der Waals surface area contributed by atoms with Gasteiger partial charge in [-0.25, -0.2) is 9.18 Å². The highest BCUT2D eigenvalue weighted by Crippen LogP contribution is 2.44. The van der Waals surface area contributed by atoms with Crippen LogP contribution in [0.3, 0.4) is 0 Å². The zero-order valence-corrected chi connectivity index (χ0v) is 23.0. The Labute approximate surface area is 231 Å². The van der Waals surface area contributed by atoms with Crippen LogP contribution < -0.4 is 20.8 Å². The normalized spacial score (nSPS) is 15.9. The van der Waals surface area contributed by atoms with Crippen molar-refractivity contribution >= 4 is 59.0 Å². The highest BCUT2D eigenvalue weighted by molar-refractivity contribution is 7.70. The number of nitrogens with one attached hydrogen (secondary N) is 2. The van der Waals surface area contributed by atoms with E-state index in [4.69, 9.17) is 23.2 Å². The quantitative estimate of drug-likeness (QED) is 0.244. The SMILES string of the molecule is CP(C)(=O)c1ccccc1-c1ccc(N2CC[C@@H](NC(=O)Nc3ccc(C(F)(F)F)cc3F)C2=O)c(Cl)c1Cl. The van der Waals surface area contributed by atoms with Gasteiger partial charge in [0.2, 0.25) is 5.91 Å². The zero-order chi connectivity index (χ0) is 28.7. The predicted octanol–water partition coefficient (Wildman–Crippen LogP) is 6.99. The number of halogens is 6. The molecule has 0 radical (unpaired) electrons. The van der Waals surface area contributed by atoms with E-state index in [1.54, 1.807) is 49.7 Å². The summed E-state index contributed by atoms with van der Waals surface area (Å²) in [6.07, 6.45) is -4.55. The molecule has 0 saturated carbocycles. The standard InChI is InChI=1S/C26H22Cl2F4N3O3P/c1-39(2,38)21-6-4-3-5-15(21)16-8-10-20(23(28)22(16)27)35-12-11-19(24(35)36)34-25(37)33-18-9-7-14(13-17(18)29)26(30,31)32/h3-10,13,19H,11-12H2,1-2H3,(H2,33,34,37)/t19-/m1/s1. The third-order valence-electron chi connectivity index (χ3n) is 6.18. The smallest absolute Gasteiger partial charge is 0.326 e. The van der Waals surface area contributed by atoms with Gasteiger partial charge in [-0.15, -0.1) is 0 Å². The van der Waals surface area contributed by atoms with E-state index < -0.39 is 48.4 Å². The molecule has 0 aliphatic carbocycles. The van der Waals surface area contributed by atoms with Gasteiger partial charge in [-0.2, -0.15) is 13.2 Å². The van der Waals surface area contributed by atoms with Crippen molar-refractivity contribution in [3.05, 3.63) is 76.0 Å². The van der Waals surface area contributed by atoms with Crippen LogP contribution in [0.1, 0.15) is 12.0 Å². The number of urea groups is 1. The first-order valence-electron chi connectivity index (χ1n) is 11.6. The molecule has 1 fully saturated rings. The minimum absolute atomic E-state index is 0.0938. The van der Waals surface area contributed by atoms with Gasteiger partial charge in [0.15, 0.2) is 0 Å². The maximum atomic E-state index is 14.1. The number of benzene rings is 3. The van der Waals surface area contributed by atoms with E-state index >= 15 is 0 Å². The number of carbonyl (C=O) groups excluding carboxylic acids is 2. The van der Waals surface area contributed by atoms with Gasteiger partial charge in [0.1, 0.15) is 19.0 Å². The Balaban J connectivity index is 1.50. The summed E-state index contributed by atoms with van der Waals surface area (Å²) in [4.78, 5) is 26.8. The number of amides is 3. The summed E-state index contributed by atoms with van der Waals surface area (Å²) >= 11 is 13.2. The number of hydrogen-bond acceptors (Lipinski definition) is 3. The van der Waals surface area contributed by atoms with Gasteiger partial charge in [-0.05, 0) is 49.6 Å². The fraction of sp³-hybridized carbons (Fsp3) is 0.231. The van der Waals surface area contributed by atoms with E-state index in [1.165, 1.54) is 4.90 Å². The van der Waals surface area contributed by atoms with Gasteiger partial charge >= 0.3 is 12.2 Å². The van der Waals surface area contributed by atoms with E-state index in [0.29, 0.717) is 28.2 Å². The minimum atomic E-state index is -4.73. The minimum Gasteiger partial charge on any atom is -0.326 e. The topological polar surface area (TPSA) is 78.5 Å². The van der Waals surface area contributed by atoms with Gasteiger partial charge in [0.05, 0.1) is 27.0 Å². The monoisotopic (exact) mass is 601 g/mol. The number of alkyl halides is 3. The molecule has 1 aliphatic rings. The third kappa shape index (κ3) is 6.08. The van der Waals surface area contributed by atoms with Crippen LogP contribution in [-0.2, 0) is 15.5 Å². The Morgan fingerprint density at radius 3 is 2.36 bits per heavy atom. The Morgan fingerprint density at radius 1 is 1.03 bits per heavy atom. The van der Waals surface area contributed by atoms with E-state index in [-0.39, 0.29) is 29.1 Å². The number of nitrogens with zero attached hydrogens (tertiary/aromatic N) is 1. The zero-order valence-electron chi connectivity index (χ0n) is 20.6. The molecule has 3 amide bonds. The molecule has 6 nitrogen and oxygen atoms in total. The van der Waals surface area contributed by atoms with Crippen LogP contribution in [0.4, 0.5) is 33.7 Å². The summed E-state index contributed by atoms with van der Waals surface area (Å²) in [5, 5.41) is 5.42. The van der Waals surface area contributed by atoms with E-state index in [9.17, 15) is 31.7 Å². The Morgan fingerprint density at radius 2 is 1.72 bits per heavy atom. The summed E-state index contributed by atoms with van der Waals surface area (Å²) in [6.45, 7) is 3.48. The van der Waals surface area contributed by atoms with Crippen LogP contribution in [-0.4, -0.2) is 37.9 Å². The molecule has 0 unspecified atom stereocenters. The third-order valence-corrected chi connectivity index (χ3v) is 8.60. The van der Waals surface area contributed by atoms with E-state index in [1.807, 2.05) is 0 Å². The lowest BCUT2D eigenvalue weighted by Crippen LogP contribution is -2.43. The second kappa shape index (κ2) is 10.8. The fourth-order valence-corrected chi connectivity index (χ4v) is 6.04. The Hall–Kier alpha value is -3.07. The average molecular weight is 602 g/mol. The van der Waals surface area contributed by atoms with Crippen molar-refractivity contribution in [3.63, 3.8) is 0 Å². The van der Waals surface area contributed by atoms with E-state index in [0.717, 1.165) is 6.07 Å². The van der Waals surface area contributed by atoms with Crippen molar-refractivity contribution in [2.45, 2.75) is 18.6 Å². The summed E-state index contributed by atoms with van der Waals surface area (Å²) in [6, 6.07) is 10.1. The molecule has 1 saturated heterocycles. The van der Waals surface area contributed by atoms with Gasteiger partial charge in [0.25, 0.3) is 0 Å². The molecular weight excluding hydrogens is 580 g/mol. The number of anilines is 2. The number of rotatable bonds is 5. The summed E-state index contributed by atoms with van der Waals surface area (Å²) in [5.74, 6) is -1.78. The first-order chi connectivity index (χ1) is 18.2. The molecule has 4 rings (SSSR count). The van der Waals surface area contributed by atoms with E-state index in [2.05, 4.69) is 10.6 Å². The van der Waals surface area contributed by atoms with Crippen LogP contribution >= 0.6 is 30.3 Å². The molecule has 206 valence electrons. The molecule has 39 heavy (non-hydrogen) atoms. The van der Waals surface area contributed by atoms with Crippen LogP contribution in [0.15, 0.2) is 54.6 Å². The summed E-state index contributed by atoms with van der Waals surface area (Å²) < 4.78 is 65.1. The summed E-state index contributed by atoms with van der Waals surface area (Å²) in [5.41, 5.74) is -0.163. The lowest BCUT2D eigenvalue weighted by Gasteiger charge is -2.21. The van der Waals surface area contributed by atoms with Crippen LogP contribution in [0.2, 0.25) is 10.0 Å². The second-order valence-electron chi connectivity index (χ2n) is 9.25. The van der Waals surface area contributed by atoms with Crippen LogP contribution in [0, 0.1) is 5.82 Å². The molecule has 0 bridgehead atoms. The Kier molecular flexibility index (Phi) is 8.03. The van der Waals surface area contributed by atoms with Crippen molar-refractivity contribution in [3.8, 4) is 11.1 Å². The van der Waals surface area contributed by atoms with Crippen molar-refractivity contribution < 1.29 is 31.7 Å². The molecule has 1 aliphatic heterocycles. The number of carbonyl (C=O) groups is 2. The van der Waals surface area contributed by atoms with Gasteiger partial charge in [-0.3, -0.25) is 4.79 Å². The van der Waals surface area contributed by atoms with Crippen molar-refractivity contribution in [1.29, 1.82) is 0 Å². The molecule has 3 aromatic carbocycles. The maximum Gasteiger partial charge on any atom is 0.416 e. The highest BCUT2D eigenvalue weighted by Gasteiger charge is 2.36. The lowest BCUT2D eigenvalue weighted by molar-refractivity contribution is -0.137.